The van der Waals surface area contributed by atoms with Crippen molar-refractivity contribution in [2.75, 3.05) is 6.54 Å². The van der Waals surface area contributed by atoms with Crippen LogP contribution in [0.4, 0.5) is 39.5 Å². The molecule has 4 nitrogen and oxygen atoms in total. The summed E-state index contributed by atoms with van der Waals surface area (Å²) in [5, 5.41) is 1.32. The molecule has 0 radical (unpaired) electrons. The van der Waals surface area contributed by atoms with Gasteiger partial charge in [0.15, 0.2) is 0 Å². The first kappa shape index (κ1) is 33.7. The van der Waals surface area contributed by atoms with E-state index in [4.69, 9.17) is 9.47 Å². The topological polar surface area (TPSA) is 47.6 Å². The van der Waals surface area contributed by atoms with E-state index in [1.807, 2.05) is 41.5 Å². The summed E-state index contributed by atoms with van der Waals surface area (Å²) in [5.74, 6) is -22.3. The molecule has 0 saturated carbocycles. The van der Waals surface area contributed by atoms with E-state index in [1.54, 1.807) is 18.2 Å². The Balaban J connectivity index is 2.88. The predicted molar refractivity (Wildman–Crippen MR) is 123 cm³/mol. The summed E-state index contributed by atoms with van der Waals surface area (Å²) >= 11 is 0. The molecule has 0 fully saturated rings. The molecule has 0 spiro atoms. The normalized spacial score (nSPS) is 13.9. The number of halogens is 9. The third-order valence-electron chi connectivity index (χ3n) is 6.11. The lowest BCUT2D eigenvalue weighted by molar-refractivity contribution is -0.388. The third kappa shape index (κ3) is 7.84. The lowest BCUT2D eigenvalue weighted by Gasteiger charge is -2.32. The Hall–Kier alpha value is -2.34. The number of aryl methyl sites for hydroxylation is 1. The highest BCUT2D eigenvalue weighted by atomic mass is 19.4. The summed E-state index contributed by atoms with van der Waals surface area (Å²) in [7, 11) is 0. The van der Waals surface area contributed by atoms with Crippen molar-refractivity contribution in [1.29, 1.82) is 0 Å². The van der Waals surface area contributed by atoms with E-state index >= 15 is 0 Å². The molecule has 0 aromatic heterocycles. The van der Waals surface area contributed by atoms with E-state index in [0.717, 1.165) is 6.42 Å². The second-order valence-corrected chi connectivity index (χ2v) is 10.1. The molecule has 0 atom stereocenters. The van der Waals surface area contributed by atoms with E-state index in [1.165, 1.54) is 5.32 Å². The minimum absolute atomic E-state index is 0.0687. The first-order valence-corrected chi connectivity index (χ1v) is 12.0. The van der Waals surface area contributed by atoms with Gasteiger partial charge in [-0.05, 0) is 71.4 Å². The van der Waals surface area contributed by atoms with Crippen LogP contribution in [0, 0.1) is 0 Å². The SMILES string of the molecule is CCC(C)(C)Oc1ccc(CCCCNC(=O)C(F)(F)C(F)(F)C(F)(F)C(F)(F)F)c(OC(C)(C)CC)c1. The van der Waals surface area contributed by atoms with E-state index < -0.39 is 47.6 Å². The van der Waals surface area contributed by atoms with Crippen molar-refractivity contribution >= 4 is 5.91 Å². The number of hydrogen-bond acceptors (Lipinski definition) is 3. The van der Waals surface area contributed by atoms with Gasteiger partial charge in [-0.1, -0.05) is 19.9 Å². The van der Waals surface area contributed by atoms with Crippen LogP contribution in [0.1, 0.15) is 72.8 Å². The van der Waals surface area contributed by atoms with Crippen LogP contribution < -0.4 is 14.8 Å². The molecule has 0 unspecified atom stereocenters. The summed E-state index contributed by atoms with van der Waals surface area (Å²) in [4.78, 5) is 11.5. The van der Waals surface area contributed by atoms with Gasteiger partial charge in [-0.25, -0.2) is 0 Å². The van der Waals surface area contributed by atoms with E-state index in [9.17, 15) is 44.3 Å². The Bertz CT molecular complexity index is 944. The quantitative estimate of drug-likeness (QED) is 0.185. The fraction of sp³-hybridized carbons (Fsp3) is 0.720. The molecule has 0 saturated heterocycles. The van der Waals surface area contributed by atoms with Crippen molar-refractivity contribution in [1.82, 2.24) is 5.32 Å². The van der Waals surface area contributed by atoms with Crippen molar-refractivity contribution in [3.8, 4) is 11.5 Å². The molecule has 1 amide bonds. The number of carbonyl (C=O) groups excluding carboxylic acids is 1. The Morgan fingerprint density at radius 1 is 0.789 bits per heavy atom. The van der Waals surface area contributed by atoms with Crippen LogP contribution in [0.15, 0.2) is 18.2 Å². The van der Waals surface area contributed by atoms with Gasteiger partial charge < -0.3 is 14.8 Å². The van der Waals surface area contributed by atoms with Gasteiger partial charge in [0.05, 0.1) is 0 Å². The van der Waals surface area contributed by atoms with Crippen LogP contribution in [-0.2, 0) is 11.2 Å². The standard InChI is InChI=1S/C25H34F9NO3/c1-7-20(3,4)37-17-13-12-16(18(15-17)38-21(5,6)8-2)11-9-10-14-35-19(36)22(26,27)23(28,29)24(30,31)25(32,33)34/h12-13,15H,7-11,14H2,1-6H3,(H,35,36). The van der Waals surface area contributed by atoms with Crippen molar-refractivity contribution in [2.45, 2.75) is 109 Å². The van der Waals surface area contributed by atoms with Gasteiger partial charge in [0.2, 0.25) is 0 Å². The van der Waals surface area contributed by atoms with Gasteiger partial charge in [0.1, 0.15) is 22.7 Å². The smallest absolute Gasteiger partial charge is 0.460 e. The summed E-state index contributed by atoms with van der Waals surface area (Å²) in [6.45, 7) is 10.8. The maximum atomic E-state index is 13.6. The molecular weight excluding hydrogens is 533 g/mol. The van der Waals surface area contributed by atoms with Crippen molar-refractivity contribution in [3.05, 3.63) is 23.8 Å². The minimum Gasteiger partial charge on any atom is -0.488 e. The number of ether oxygens (including phenoxy) is 2. The van der Waals surface area contributed by atoms with Gasteiger partial charge in [-0.2, -0.15) is 39.5 Å². The molecule has 1 aromatic carbocycles. The van der Waals surface area contributed by atoms with Gasteiger partial charge in [-0.15, -0.1) is 0 Å². The molecule has 13 heteroatoms. The molecule has 1 N–H and O–H groups in total. The highest BCUT2D eigenvalue weighted by molar-refractivity contribution is 5.84. The number of nitrogens with one attached hydrogen (secondary N) is 1. The molecule has 220 valence electrons. The largest absolute Gasteiger partial charge is 0.488 e. The Kier molecular flexibility index (Phi) is 10.5. The summed E-state index contributed by atoms with van der Waals surface area (Å²) in [6.07, 6.45) is -5.15. The fourth-order valence-corrected chi connectivity index (χ4v) is 2.93. The lowest BCUT2D eigenvalue weighted by Crippen LogP contribution is -2.65. The van der Waals surface area contributed by atoms with Crippen LogP contribution >= 0.6 is 0 Å². The zero-order chi connectivity index (χ0) is 29.8. The van der Waals surface area contributed by atoms with Gasteiger partial charge in [0, 0.05) is 12.6 Å². The Morgan fingerprint density at radius 2 is 1.32 bits per heavy atom. The predicted octanol–water partition coefficient (Wildman–Crippen LogP) is 7.73. The lowest BCUT2D eigenvalue weighted by atomic mass is 10.0. The maximum absolute atomic E-state index is 13.6. The minimum atomic E-state index is -7.12. The number of carbonyl (C=O) groups is 1. The molecule has 0 heterocycles. The first-order chi connectivity index (χ1) is 17.0. The molecule has 0 aliphatic rings. The van der Waals surface area contributed by atoms with Gasteiger partial charge in [0.25, 0.3) is 5.91 Å². The Labute approximate surface area is 216 Å². The van der Waals surface area contributed by atoms with E-state index in [-0.39, 0.29) is 12.8 Å². The highest BCUT2D eigenvalue weighted by Crippen LogP contribution is 2.53. The molecule has 38 heavy (non-hydrogen) atoms. The number of rotatable bonds is 14. The maximum Gasteiger partial charge on any atom is 0.460 e. The van der Waals surface area contributed by atoms with Crippen molar-refractivity contribution < 1.29 is 53.8 Å². The molecule has 0 aliphatic heterocycles. The first-order valence-electron chi connectivity index (χ1n) is 12.0. The monoisotopic (exact) mass is 567 g/mol. The summed E-state index contributed by atoms with van der Waals surface area (Å²) in [5.41, 5.74) is -0.293. The number of unbranched alkanes of at least 4 members (excludes halogenated alkanes) is 1. The molecule has 0 bridgehead atoms. The van der Waals surface area contributed by atoms with Gasteiger partial charge >= 0.3 is 23.9 Å². The van der Waals surface area contributed by atoms with Crippen LogP contribution in [0.2, 0.25) is 0 Å². The molecular formula is C25H34F9NO3. The number of benzene rings is 1. The van der Waals surface area contributed by atoms with Crippen molar-refractivity contribution in [2.24, 2.45) is 0 Å². The zero-order valence-electron chi connectivity index (χ0n) is 22.1. The van der Waals surface area contributed by atoms with Crippen LogP contribution in [0.3, 0.4) is 0 Å². The van der Waals surface area contributed by atoms with Crippen LogP contribution in [0.25, 0.3) is 0 Å². The summed E-state index contributed by atoms with van der Waals surface area (Å²) in [6, 6.07) is 5.15. The van der Waals surface area contributed by atoms with Gasteiger partial charge in [-0.3, -0.25) is 4.79 Å². The molecule has 0 aliphatic carbocycles. The zero-order valence-corrected chi connectivity index (χ0v) is 22.1. The van der Waals surface area contributed by atoms with Crippen LogP contribution in [0.5, 0.6) is 11.5 Å². The highest BCUT2D eigenvalue weighted by Gasteiger charge is 2.83. The van der Waals surface area contributed by atoms with Crippen LogP contribution in [-0.4, -0.2) is 47.6 Å². The number of alkyl halides is 9. The Morgan fingerprint density at radius 3 is 1.82 bits per heavy atom. The second kappa shape index (κ2) is 11.8. The van der Waals surface area contributed by atoms with E-state index in [0.29, 0.717) is 29.9 Å². The number of amides is 1. The van der Waals surface area contributed by atoms with Crippen molar-refractivity contribution in [3.63, 3.8) is 0 Å². The fourth-order valence-electron chi connectivity index (χ4n) is 2.93. The second-order valence-electron chi connectivity index (χ2n) is 10.1. The average Bonchev–Trinajstić information content (AvgIpc) is 2.78. The number of hydrogen-bond donors (Lipinski definition) is 1. The summed E-state index contributed by atoms with van der Waals surface area (Å²) < 4.78 is 129. The average molecular weight is 568 g/mol. The molecule has 1 rings (SSSR count). The van der Waals surface area contributed by atoms with E-state index in [2.05, 4.69) is 0 Å². The third-order valence-corrected chi connectivity index (χ3v) is 6.11. The molecule has 1 aromatic rings.